The van der Waals surface area contributed by atoms with Crippen molar-refractivity contribution in [3.05, 3.63) is 73.8 Å². The summed E-state index contributed by atoms with van der Waals surface area (Å²) in [6.45, 7) is -0.622. The number of esters is 1. The Bertz CT molecular complexity index is 1240. The van der Waals surface area contributed by atoms with Gasteiger partial charge in [0.15, 0.2) is 6.61 Å². The molecular weight excluding hydrogens is 428 g/mol. The smallest absolute Gasteiger partial charge is 0.306 e. The monoisotopic (exact) mass is 444 g/mol. The van der Waals surface area contributed by atoms with E-state index < -0.39 is 23.4 Å². The van der Waals surface area contributed by atoms with Crippen molar-refractivity contribution in [2.24, 2.45) is 7.05 Å². The van der Waals surface area contributed by atoms with Crippen LogP contribution in [0.25, 0.3) is 10.9 Å². The molecule has 3 aromatic rings. The summed E-state index contributed by atoms with van der Waals surface area (Å²) in [6, 6.07) is 10.7. The van der Waals surface area contributed by atoms with Crippen LogP contribution < -0.4 is 10.9 Å². The van der Waals surface area contributed by atoms with E-state index in [0.717, 1.165) is 6.07 Å². The van der Waals surface area contributed by atoms with Gasteiger partial charge in [-0.15, -0.1) is 0 Å². The number of benzene rings is 2. The largest absolute Gasteiger partial charge is 0.456 e. The fourth-order valence-electron chi connectivity index (χ4n) is 2.87. The predicted molar refractivity (Wildman–Crippen MR) is 113 cm³/mol. The SMILES string of the molecule is Cn1c(CCC(=O)OCC(=O)Nc2ccc(Cl)cc2[N+](=O)[O-])nc2ccccc2c1=O. The molecule has 10 nitrogen and oxygen atoms in total. The molecule has 0 aliphatic carbocycles. The van der Waals surface area contributed by atoms with Gasteiger partial charge >= 0.3 is 5.97 Å². The molecule has 0 aliphatic heterocycles. The molecule has 11 heteroatoms. The third-order valence-corrected chi connectivity index (χ3v) is 4.66. The Kier molecular flexibility index (Phi) is 6.61. The summed E-state index contributed by atoms with van der Waals surface area (Å²) in [6.07, 6.45) is 0.0344. The van der Waals surface area contributed by atoms with E-state index in [9.17, 15) is 24.5 Å². The second kappa shape index (κ2) is 9.35. The molecule has 1 aromatic heterocycles. The summed E-state index contributed by atoms with van der Waals surface area (Å²) in [5.74, 6) is -1.01. The highest BCUT2D eigenvalue weighted by atomic mass is 35.5. The van der Waals surface area contributed by atoms with Crippen LogP contribution in [0.2, 0.25) is 5.02 Å². The van der Waals surface area contributed by atoms with Gasteiger partial charge in [-0.2, -0.15) is 0 Å². The van der Waals surface area contributed by atoms with Gasteiger partial charge in [0.2, 0.25) is 0 Å². The van der Waals surface area contributed by atoms with Crippen LogP contribution >= 0.6 is 11.6 Å². The molecule has 160 valence electrons. The van der Waals surface area contributed by atoms with Crippen LogP contribution in [-0.4, -0.2) is 33.0 Å². The normalized spacial score (nSPS) is 10.6. The number of ether oxygens (including phenoxy) is 1. The Morgan fingerprint density at radius 1 is 1.26 bits per heavy atom. The minimum atomic E-state index is -0.741. The molecular formula is C20H17ClN4O6. The molecule has 1 amide bonds. The summed E-state index contributed by atoms with van der Waals surface area (Å²) in [5, 5.41) is 14.0. The third kappa shape index (κ3) is 5.23. The van der Waals surface area contributed by atoms with Gasteiger partial charge in [-0.3, -0.25) is 29.1 Å². The lowest BCUT2D eigenvalue weighted by atomic mass is 10.2. The number of carbonyl (C=O) groups is 2. The molecule has 0 saturated carbocycles. The van der Waals surface area contributed by atoms with Crippen LogP contribution in [0.15, 0.2) is 47.3 Å². The van der Waals surface area contributed by atoms with Crippen molar-refractivity contribution in [2.75, 3.05) is 11.9 Å². The van der Waals surface area contributed by atoms with Crippen molar-refractivity contribution in [1.29, 1.82) is 0 Å². The van der Waals surface area contributed by atoms with Gasteiger partial charge < -0.3 is 10.1 Å². The summed E-state index contributed by atoms with van der Waals surface area (Å²) in [4.78, 5) is 51.1. The fraction of sp³-hybridized carbons (Fsp3) is 0.200. The highest BCUT2D eigenvalue weighted by Gasteiger charge is 2.17. The van der Waals surface area contributed by atoms with Crippen molar-refractivity contribution in [3.8, 4) is 0 Å². The first-order valence-corrected chi connectivity index (χ1v) is 9.48. The molecule has 2 aromatic carbocycles. The fourth-order valence-corrected chi connectivity index (χ4v) is 3.03. The summed E-state index contributed by atoms with van der Waals surface area (Å²) >= 11 is 5.73. The minimum Gasteiger partial charge on any atom is -0.456 e. The number of rotatable bonds is 7. The standard InChI is InChI=1S/C20H17ClN4O6/c1-24-17(22-14-5-3-2-4-13(14)20(24)28)8-9-19(27)31-11-18(26)23-15-7-6-12(21)10-16(15)25(29)30/h2-7,10H,8-9,11H2,1H3,(H,23,26). The van der Waals surface area contributed by atoms with Crippen molar-refractivity contribution in [1.82, 2.24) is 9.55 Å². The first-order valence-electron chi connectivity index (χ1n) is 9.10. The number of carbonyl (C=O) groups excluding carboxylic acids is 2. The summed E-state index contributed by atoms with van der Waals surface area (Å²) in [5.41, 5.74) is -0.142. The highest BCUT2D eigenvalue weighted by Crippen LogP contribution is 2.27. The van der Waals surface area contributed by atoms with Gasteiger partial charge in [-0.25, -0.2) is 4.98 Å². The quantitative estimate of drug-likeness (QED) is 0.336. The highest BCUT2D eigenvalue weighted by molar-refractivity contribution is 6.31. The lowest BCUT2D eigenvalue weighted by Gasteiger charge is -2.09. The molecule has 0 fully saturated rings. The maximum Gasteiger partial charge on any atom is 0.306 e. The number of amides is 1. The molecule has 0 aliphatic rings. The predicted octanol–water partition coefficient (Wildman–Crippen LogP) is 2.61. The third-order valence-electron chi connectivity index (χ3n) is 4.42. The number of aryl methyl sites for hydroxylation is 1. The van der Waals surface area contributed by atoms with Crippen molar-refractivity contribution in [3.63, 3.8) is 0 Å². The van der Waals surface area contributed by atoms with E-state index >= 15 is 0 Å². The Hall–Kier alpha value is -3.79. The molecule has 0 bridgehead atoms. The summed E-state index contributed by atoms with van der Waals surface area (Å²) in [7, 11) is 1.56. The van der Waals surface area contributed by atoms with E-state index in [0.29, 0.717) is 16.7 Å². The Balaban J connectivity index is 1.57. The van der Waals surface area contributed by atoms with E-state index in [2.05, 4.69) is 10.3 Å². The first kappa shape index (κ1) is 21.9. The Morgan fingerprint density at radius 2 is 2.00 bits per heavy atom. The number of halogens is 1. The van der Waals surface area contributed by atoms with Crippen molar-refractivity contribution >= 4 is 45.8 Å². The molecule has 3 rings (SSSR count). The lowest BCUT2D eigenvalue weighted by molar-refractivity contribution is -0.383. The zero-order chi connectivity index (χ0) is 22.5. The van der Waals surface area contributed by atoms with Crippen molar-refractivity contribution < 1.29 is 19.2 Å². The van der Waals surface area contributed by atoms with E-state index in [4.69, 9.17) is 16.3 Å². The number of para-hydroxylation sites is 1. The number of fused-ring (bicyclic) bond motifs is 1. The number of aromatic nitrogens is 2. The van der Waals surface area contributed by atoms with Gasteiger partial charge in [0.1, 0.15) is 11.5 Å². The maximum absolute atomic E-state index is 12.4. The average Bonchev–Trinajstić information content (AvgIpc) is 2.75. The van der Waals surface area contributed by atoms with Crippen LogP contribution in [0, 0.1) is 10.1 Å². The zero-order valence-electron chi connectivity index (χ0n) is 16.3. The molecule has 0 spiro atoms. The number of anilines is 1. The molecule has 0 unspecified atom stereocenters. The van der Waals surface area contributed by atoms with Gasteiger partial charge in [-0.05, 0) is 24.3 Å². The number of hydrogen-bond donors (Lipinski definition) is 1. The molecule has 31 heavy (non-hydrogen) atoms. The second-order valence-electron chi connectivity index (χ2n) is 6.54. The maximum atomic E-state index is 12.4. The van der Waals surface area contributed by atoms with Gasteiger partial charge in [-0.1, -0.05) is 23.7 Å². The molecule has 1 N–H and O–H groups in total. The van der Waals surface area contributed by atoms with Gasteiger partial charge in [0.05, 0.1) is 22.2 Å². The van der Waals surface area contributed by atoms with E-state index in [1.807, 2.05) is 0 Å². The average molecular weight is 445 g/mol. The van der Waals surface area contributed by atoms with E-state index in [1.165, 1.54) is 16.7 Å². The van der Waals surface area contributed by atoms with E-state index in [-0.39, 0.29) is 34.8 Å². The number of nitro benzene ring substituents is 1. The van der Waals surface area contributed by atoms with Gasteiger partial charge in [0.25, 0.3) is 17.2 Å². The Morgan fingerprint density at radius 3 is 2.74 bits per heavy atom. The van der Waals surface area contributed by atoms with Crippen LogP contribution in [0.5, 0.6) is 0 Å². The number of nitro groups is 1. The molecule has 0 radical (unpaired) electrons. The number of nitrogens with zero attached hydrogens (tertiary/aromatic N) is 3. The first-order chi connectivity index (χ1) is 14.8. The van der Waals surface area contributed by atoms with Crippen LogP contribution in [0.3, 0.4) is 0 Å². The molecule has 0 saturated heterocycles. The van der Waals surface area contributed by atoms with Crippen LogP contribution in [0.4, 0.5) is 11.4 Å². The van der Waals surface area contributed by atoms with Crippen LogP contribution in [0.1, 0.15) is 12.2 Å². The molecule has 0 atom stereocenters. The lowest BCUT2D eigenvalue weighted by Crippen LogP contribution is -2.24. The van der Waals surface area contributed by atoms with Crippen molar-refractivity contribution in [2.45, 2.75) is 12.8 Å². The summed E-state index contributed by atoms with van der Waals surface area (Å²) < 4.78 is 6.28. The van der Waals surface area contributed by atoms with E-state index in [1.54, 1.807) is 31.3 Å². The molecule has 1 heterocycles. The Labute approximate surface area is 180 Å². The van der Waals surface area contributed by atoms with Gasteiger partial charge in [0, 0.05) is 24.6 Å². The number of nitrogens with one attached hydrogen (secondary N) is 1. The zero-order valence-corrected chi connectivity index (χ0v) is 17.1. The number of hydrogen-bond acceptors (Lipinski definition) is 7. The topological polar surface area (TPSA) is 133 Å². The van der Waals surface area contributed by atoms with Crippen LogP contribution in [-0.2, 0) is 27.8 Å². The minimum absolute atomic E-state index is 0.0641. The second-order valence-corrected chi connectivity index (χ2v) is 6.97.